The first-order valence-electron chi connectivity index (χ1n) is 6.40. The van der Waals surface area contributed by atoms with Gasteiger partial charge in [-0.3, -0.25) is 9.59 Å². The van der Waals surface area contributed by atoms with Crippen LogP contribution in [0.25, 0.3) is 0 Å². The highest BCUT2D eigenvalue weighted by Crippen LogP contribution is 2.20. The zero-order valence-electron chi connectivity index (χ0n) is 12.2. The van der Waals surface area contributed by atoms with Crippen molar-refractivity contribution in [2.45, 2.75) is 20.4 Å². The maximum absolute atomic E-state index is 11.9. The van der Waals surface area contributed by atoms with Gasteiger partial charge in [0.05, 0.1) is 0 Å². The molecule has 1 aromatic carbocycles. The van der Waals surface area contributed by atoms with Gasteiger partial charge in [0.25, 0.3) is 0 Å². The lowest BCUT2D eigenvalue weighted by molar-refractivity contribution is -0.127. The predicted molar refractivity (Wildman–Crippen MR) is 84.9 cm³/mol. The standard InChI is InChI=1S/C14H18BrNO4S/c1-4-21(19,20)9-14(18)16(3)8-12-6-5-11(10(2)17)7-13(12)15/h5-7H,4,8-9H2,1-3H3. The molecule has 0 aliphatic rings. The van der Waals surface area contributed by atoms with Crippen LogP contribution in [0.15, 0.2) is 22.7 Å². The van der Waals surface area contributed by atoms with Gasteiger partial charge in [-0.05, 0) is 18.6 Å². The third-order valence-corrected chi connectivity index (χ3v) is 5.38. The van der Waals surface area contributed by atoms with Crippen molar-refractivity contribution in [3.63, 3.8) is 0 Å². The fraction of sp³-hybridized carbons (Fsp3) is 0.429. The van der Waals surface area contributed by atoms with Crippen molar-refractivity contribution in [2.24, 2.45) is 0 Å². The minimum atomic E-state index is -3.33. The third kappa shape index (κ3) is 5.24. The Morgan fingerprint density at radius 3 is 2.38 bits per heavy atom. The fourth-order valence-corrected chi connectivity index (χ4v) is 2.94. The highest BCUT2D eigenvalue weighted by atomic mass is 79.9. The van der Waals surface area contributed by atoms with Crippen LogP contribution in [-0.2, 0) is 21.2 Å². The Hall–Kier alpha value is -1.21. The van der Waals surface area contributed by atoms with Gasteiger partial charge in [0.15, 0.2) is 15.6 Å². The third-order valence-electron chi connectivity index (χ3n) is 3.08. The molecule has 0 bridgehead atoms. The van der Waals surface area contributed by atoms with Crippen molar-refractivity contribution in [1.29, 1.82) is 0 Å². The van der Waals surface area contributed by atoms with Crippen molar-refractivity contribution in [3.8, 4) is 0 Å². The number of benzene rings is 1. The van der Waals surface area contributed by atoms with E-state index in [1.54, 1.807) is 25.2 Å². The molecular formula is C14H18BrNO4S. The lowest BCUT2D eigenvalue weighted by Crippen LogP contribution is -2.32. The Labute approximate surface area is 133 Å². The first kappa shape index (κ1) is 17.8. The maximum Gasteiger partial charge on any atom is 0.237 e. The highest BCUT2D eigenvalue weighted by molar-refractivity contribution is 9.10. The summed E-state index contributed by atoms with van der Waals surface area (Å²) in [4.78, 5) is 24.5. The van der Waals surface area contributed by atoms with Crippen molar-refractivity contribution in [2.75, 3.05) is 18.6 Å². The van der Waals surface area contributed by atoms with Crippen molar-refractivity contribution < 1.29 is 18.0 Å². The van der Waals surface area contributed by atoms with Crippen LogP contribution in [0.2, 0.25) is 0 Å². The molecule has 0 atom stereocenters. The number of hydrogen-bond acceptors (Lipinski definition) is 4. The fourth-order valence-electron chi connectivity index (χ4n) is 1.64. The van der Waals surface area contributed by atoms with Crippen LogP contribution in [-0.4, -0.2) is 43.6 Å². The molecule has 1 aromatic rings. The summed E-state index contributed by atoms with van der Waals surface area (Å²) < 4.78 is 23.6. The number of amides is 1. The molecule has 5 nitrogen and oxygen atoms in total. The first-order chi connectivity index (χ1) is 9.66. The van der Waals surface area contributed by atoms with Gasteiger partial charge in [-0.15, -0.1) is 0 Å². The first-order valence-corrected chi connectivity index (χ1v) is 9.01. The molecule has 0 radical (unpaired) electrons. The summed E-state index contributed by atoms with van der Waals surface area (Å²) in [6.45, 7) is 3.27. The van der Waals surface area contributed by atoms with E-state index >= 15 is 0 Å². The quantitative estimate of drug-likeness (QED) is 0.713. The summed E-state index contributed by atoms with van der Waals surface area (Å²) in [6, 6.07) is 5.13. The zero-order chi connectivity index (χ0) is 16.2. The van der Waals surface area contributed by atoms with Crippen LogP contribution in [0.1, 0.15) is 29.8 Å². The molecule has 0 fully saturated rings. The average Bonchev–Trinajstić information content (AvgIpc) is 2.40. The lowest BCUT2D eigenvalue weighted by atomic mass is 10.1. The summed E-state index contributed by atoms with van der Waals surface area (Å²) in [7, 11) is -1.78. The van der Waals surface area contributed by atoms with E-state index in [9.17, 15) is 18.0 Å². The van der Waals surface area contributed by atoms with Crippen LogP contribution in [0.5, 0.6) is 0 Å². The van der Waals surface area contributed by atoms with E-state index in [2.05, 4.69) is 15.9 Å². The van der Waals surface area contributed by atoms with Crippen LogP contribution in [0.4, 0.5) is 0 Å². The van der Waals surface area contributed by atoms with Crippen molar-refractivity contribution in [3.05, 3.63) is 33.8 Å². The largest absolute Gasteiger partial charge is 0.341 e. The molecule has 0 aliphatic heterocycles. The van der Waals surface area contributed by atoms with E-state index < -0.39 is 21.5 Å². The number of rotatable bonds is 6. The SMILES string of the molecule is CCS(=O)(=O)CC(=O)N(C)Cc1ccc(C(C)=O)cc1Br. The molecule has 0 aliphatic carbocycles. The minimum Gasteiger partial charge on any atom is -0.341 e. The number of Topliss-reactive ketones (excluding diaryl/α,β-unsaturated/α-hetero) is 1. The molecule has 0 unspecified atom stereocenters. The molecule has 116 valence electrons. The Kier molecular flexibility index (Phi) is 6.10. The molecule has 0 heterocycles. The number of carbonyl (C=O) groups excluding carboxylic acids is 2. The molecule has 21 heavy (non-hydrogen) atoms. The van der Waals surface area contributed by atoms with E-state index in [1.807, 2.05) is 0 Å². The Bertz CT molecular complexity index is 655. The van der Waals surface area contributed by atoms with Crippen LogP contribution < -0.4 is 0 Å². The molecule has 0 aromatic heterocycles. The average molecular weight is 376 g/mol. The van der Waals surface area contributed by atoms with Gasteiger partial charge >= 0.3 is 0 Å². The molecule has 1 rings (SSSR count). The van der Waals surface area contributed by atoms with Crippen molar-refractivity contribution in [1.82, 2.24) is 4.90 Å². The predicted octanol–water partition coefficient (Wildman–Crippen LogP) is 2.04. The van der Waals surface area contributed by atoms with Gasteiger partial charge in [0.2, 0.25) is 5.91 Å². The normalized spacial score (nSPS) is 11.2. The van der Waals surface area contributed by atoms with E-state index in [-0.39, 0.29) is 18.1 Å². The number of sulfone groups is 1. The number of hydrogen-bond donors (Lipinski definition) is 0. The van der Waals surface area contributed by atoms with E-state index in [0.717, 1.165) is 5.56 Å². The van der Waals surface area contributed by atoms with Gasteiger partial charge in [0, 0.05) is 29.4 Å². The number of nitrogens with zero attached hydrogens (tertiary/aromatic N) is 1. The maximum atomic E-state index is 11.9. The summed E-state index contributed by atoms with van der Waals surface area (Å²) in [5, 5.41) is 0. The van der Waals surface area contributed by atoms with Gasteiger partial charge in [-0.2, -0.15) is 0 Å². The second-order valence-electron chi connectivity index (χ2n) is 4.79. The van der Waals surface area contributed by atoms with Gasteiger partial charge in [-0.1, -0.05) is 35.0 Å². The van der Waals surface area contributed by atoms with Gasteiger partial charge < -0.3 is 4.90 Å². The summed E-state index contributed by atoms with van der Waals surface area (Å²) in [5.41, 5.74) is 1.39. The highest BCUT2D eigenvalue weighted by Gasteiger charge is 2.18. The van der Waals surface area contributed by atoms with Crippen LogP contribution in [0, 0.1) is 0 Å². The van der Waals surface area contributed by atoms with Crippen LogP contribution >= 0.6 is 15.9 Å². The molecule has 0 saturated carbocycles. The smallest absolute Gasteiger partial charge is 0.237 e. The van der Waals surface area contributed by atoms with Crippen LogP contribution in [0.3, 0.4) is 0 Å². The van der Waals surface area contributed by atoms with E-state index in [4.69, 9.17) is 0 Å². The zero-order valence-corrected chi connectivity index (χ0v) is 14.6. The Balaban J connectivity index is 2.82. The minimum absolute atomic E-state index is 0.0410. The summed E-state index contributed by atoms with van der Waals surface area (Å²) in [5.74, 6) is -1.02. The number of carbonyl (C=O) groups is 2. The monoisotopic (exact) mass is 375 g/mol. The number of ketones is 1. The molecule has 0 N–H and O–H groups in total. The topological polar surface area (TPSA) is 71.5 Å². The Morgan fingerprint density at radius 2 is 1.90 bits per heavy atom. The Morgan fingerprint density at radius 1 is 1.29 bits per heavy atom. The van der Waals surface area contributed by atoms with Gasteiger partial charge in [-0.25, -0.2) is 8.42 Å². The molecule has 0 saturated heterocycles. The molecule has 0 spiro atoms. The number of halogens is 1. The molecular weight excluding hydrogens is 358 g/mol. The molecule has 1 amide bonds. The second-order valence-corrected chi connectivity index (χ2v) is 8.00. The van der Waals surface area contributed by atoms with E-state index in [1.165, 1.54) is 18.7 Å². The lowest BCUT2D eigenvalue weighted by Gasteiger charge is -2.18. The van der Waals surface area contributed by atoms with Crippen molar-refractivity contribution >= 4 is 37.5 Å². The molecule has 7 heteroatoms. The summed E-state index contributed by atoms with van der Waals surface area (Å²) in [6.07, 6.45) is 0. The van der Waals surface area contributed by atoms with E-state index in [0.29, 0.717) is 10.0 Å². The second kappa shape index (κ2) is 7.17. The summed E-state index contributed by atoms with van der Waals surface area (Å²) >= 11 is 3.36. The van der Waals surface area contributed by atoms with Gasteiger partial charge in [0.1, 0.15) is 5.75 Å².